The molecule has 2 aromatic heterocycles. The van der Waals surface area contributed by atoms with Gasteiger partial charge in [0.15, 0.2) is 16.3 Å². The molecule has 0 spiro atoms. The number of carbonyl (C=O) groups is 1. The van der Waals surface area contributed by atoms with E-state index in [1.165, 1.54) is 16.2 Å². The Hall–Kier alpha value is -2.57. The lowest BCUT2D eigenvalue weighted by atomic mass is 10.3. The van der Waals surface area contributed by atoms with Crippen LogP contribution in [0.3, 0.4) is 0 Å². The average Bonchev–Trinajstić information content (AvgIpc) is 3.09. The fourth-order valence-corrected chi connectivity index (χ4v) is 3.87. The summed E-state index contributed by atoms with van der Waals surface area (Å²) in [6, 6.07) is 7.14. The van der Waals surface area contributed by atoms with E-state index >= 15 is 0 Å². The second-order valence-electron chi connectivity index (χ2n) is 6.51. The molecule has 0 saturated heterocycles. The SMILES string of the molecule is CCOC(=O)CSc1nc2c(c(=O)[nH]c(=O)n2C)n1C[C@H](O)COc1ccc(Br)cc1. The minimum absolute atomic E-state index is 0.0283. The summed E-state index contributed by atoms with van der Waals surface area (Å²) in [4.78, 5) is 42.7. The molecule has 0 radical (unpaired) electrons. The molecule has 0 aliphatic carbocycles. The van der Waals surface area contributed by atoms with E-state index in [-0.39, 0.29) is 36.7 Å². The fraction of sp³-hybridized carbons (Fsp3) is 0.368. The van der Waals surface area contributed by atoms with Crippen molar-refractivity contribution in [2.24, 2.45) is 7.05 Å². The van der Waals surface area contributed by atoms with Crippen LogP contribution in [-0.2, 0) is 23.1 Å². The van der Waals surface area contributed by atoms with E-state index in [0.29, 0.717) is 10.9 Å². The topological polar surface area (TPSA) is 128 Å². The molecule has 12 heteroatoms. The Morgan fingerprint density at radius 1 is 1.32 bits per heavy atom. The van der Waals surface area contributed by atoms with Crippen LogP contribution in [0.5, 0.6) is 5.75 Å². The second-order valence-corrected chi connectivity index (χ2v) is 8.37. The van der Waals surface area contributed by atoms with Gasteiger partial charge in [0.1, 0.15) is 18.5 Å². The van der Waals surface area contributed by atoms with E-state index in [4.69, 9.17) is 9.47 Å². The van der Waals surface area contributed by atoms with E-state index in [1.54, 1.807) is 19.1 Å². The first-order chi connectivity index (χ1) is 14.8. The van der Waals surface area contributed by atoms with Gasteiger partial charge in [-0.1, -0.05) is 27.7 Å². The molecule has 1 atom stereocenters. The fourth-order valence-electron chi connectivity index (χ4n) is 2.81. The molecular formula is C19H21BrN4O6S. The number of nitrogens with zero attached hydrogens (tertiary/aromatic N) is 3. The van der Waals surface area contributed by atoms with Gasteiger partial charge in [0.25, 0.3) is 5.56 Å². The van der Waals surface area contributed by atoms with Crippen molar-refractivity contribution in [2.75, 3.05) is 19.0 Å². The van der Waals surface area contributed by atoms with Crippen molar-refractivity contribution in [1.82, 2.24) is 19.1 Å². The molecule has 0 saturated carbocycles. The molecule has 10 nitrogen and oxygen atoms in total. The van der Waals surface area contributed by atoms with Crippen LogP contribution >= 0.6 is 27.7 Å². The van der Waals surface area contributed by atoms with Crippen LogP contribution in [0.1, 0.15) is 6.92 Å². The lowest BCUT2D eigenvalue weighted by Crippen LogP contribution is -2.30. The third-order valence-electron chi connectivity index (χ3n) is 4.25. The number of esters is 1. The first-order valence-corrected chi connectivity index (χ1v) is 11.1. The predicted molar refractivity (Wildman–Crippen MR) is 119 cm³/mol. The van der Waals surface area contributed by atoms with Crippen molar-refractivity contribution < 1.29 is 19.4 Å². The van der Waals surface area contributed by atoms with Gasteiger partial charge in [-0.05, 0) is 31.2 Å². The number of imidazole rings is 1. The quantitative estimate of drug-likeness (QED) is 0.324. The van der Waals surface area contributed by atoms with Crippen LogP contribution in [0.25, 0.3) is 11.2 Å². The van der Waals surface area contributed by atoms with Crippen LogP contribution in [0.15, 0.2) is 43.5 Å². The number of carbonyl (C=O) groups excluding carboxylic acids is 1. The first kappa shape index (κ1) is 23.1. The standard InChI is InChI=1S/C19H21BrN4O6S/c1-3-29-14(26)10-31-19-21-16-15(17(27)22-18(28)23(16)2)24(19)8-12(25)9-30-13-6-4-11(20)5-7-13/h4-7,12,25H,3,8-10H2,1-2H3,(H,22,27,28)/t12-/m0/s1. The third-order valence-corrected chi connectivity index (χ3v) is 5.72. The maximum Gasteiger partial charge on any atom is 0.329 e. The Bertz CT molecular complexity index is 1190. The van der Waals surface area contributed by atoms with Gasteiger partial charge < -0.3 is 19.1 Å². The highest BCUT2D eigenvalue weighted by atomic mass is 79.9. The number of fused-ring (bicyclic) bond motifs is 1. The third kappa shape index (κ3) is 5.57. The Morgan fingerprint density at radius 3 is 2.71 bits per heavy atom. The molecule has 2 N–H and O–H groups in total. The number of aromatic amines is 1. The first-order valence-electron chi connectivity index (χ1n) is 9.34. The summed E-state index contributed by atoms with van der Waals surface area (Å²) in [7, 11) is 1.48. The predicted octanol–water partition coefficient (Wildman–Crippen LogP) is 1.28. The Kier molecular flexibility index (Phi) is 7.57. The van der Waals surface area contributed by atoms with Gasteiger partial charge in [0.2, 0.25) is 0 Å². The highest BCUT2D eigenvalue weighted by Gasteiger charge is 2.21. The lowest BCUT2D eigenvalue weighted by molar-refractivity contribution is -0.139. The number of aliphatic hydroxyl groups excluding tert-OH is 1. The molecular weight excluding hydrogens is 492 g/mol. The number of nitrogens with one attached hydrogen (secondary N) is 1. The molecule has 0 amide bonds. The van der Waals surface area contributed by atoms with Gasteiger partial charge in [0, 0.05) is 11.5 Å². The summed E-state index contributed by atoms with van der Waals surface area (Å²) >= 11 is 4.40. The minimum Gasteiger partial charge on any atom is -0.491 e. The molecule has 2 heterocycles. The highest BCUT2D eigenvalue weighted by molar-refractivity contribution is 9.10. The van der Waals surface area contributed by atoms with E-state index in [1.807, 2.05) is 12.1 Å². The number of thioether (sulfide) groups is 1. The molecule has 3 aromatic rings. The molecule has 0 aliphatic rings. The summed E-state index contributed by atoms with van der Waals surface area (Å²) in [6.07, 6.45) is -0.986. The van der Waals surface area contributed by atoms with Gasteiger partial charge >= 0.3 is 11.7 Å². The van der Waals surface area contributed by atoms with Gasteiger partial charge in [-0.2, -0.15) is 0 Å². The van der Waals surface area contributed by atoms with Crippen molar-refractivity contribution in [2.45, 2.75) is 24.7 Å². The summed E-state index contributed by atoms with van der Waals surface area (Å²) in [5, 5.41) is 10.8. The number of hydrogen-bond acceptors (Lipinski definition) is 8. The number of aromatic nitrogens is 4. The molecule has 166 valence electrons. The van der Waals surface area contributed by atoms with E-state index < -0.39 is 23.3 Å². The van der Waals surface area contributed by atoms with Crippen molar-refractivity contribution >= 4 is 44.8 Å². The number of aryl methyl sites for hydroxylation is 1. The maximum absolute atomic E-state index is 12.5. The van der Waals surface area contributed by atoms with Crippen molar-refractivity contribution in [3.8, 4) is 5.75 Å². The summed E-state index contributed by atoms with van der Waals surface area (Å²) in [6.45, 7) is 1.89. The molecule has 3 rings (SSSR count). The highest BCUT2D eigenvalue weighted by Crippen LogP contribution is 2.22. The van der Waals surface area contributed by atoms with Crippen LogP contribution in [0.4, 0.5) is 0 Å². The number of ether oxygens (including phenoxy) is 2. The number of hydrogen-bond donors (Lipinski definition) is 2. The number of benzene rings is 1. The van der Waals surface area contributed by atoms with E-state index in [0.717, 1.165) is 16.2 Å². The number of aliphatic hydroxyl groups is 1. The monoisotopic (exact) mass is 512 g/mol. The zero-order chi connectivity index (χ0) is 22.5. The number of H-pyrrole nitrogens is 1. The Morgan fingerprint density at radius 2 is 2.03 bits per heavy atom. The smallest absolute Gasteiger partial charge is 0.329 e. The molecule has 0 fully saturated rings. The van der Waals surface area contributed by atoms with Crippen molar-refractivity contribution in [3.05, 3.63) is 49.6 Å². The molecule has 1 aromatic carbocycles. The van der Waals surface area contributed by atoms with Crippen LogP contribution in [-0.4, -0.2) is 55.2 Å². The van der Waals surface area contributed by atoms with Crippen molar-refractivity contribution in [3.63, 3.8) is 0 Å². The molecule has 0 unspecified atom stereocenters. The maximum atomic E-state index is 12.5. The van der Waals surface area contributed by atoms with E-state index in [2.05, 4.69) is 25.9 Å². The number of halogens is 1. The Labute approximate surface area is 189 Å². The molecule has 0 aliphatic heterocycles. The lowest BCUT2D eigenvalue weighted by Gasteiger charge is -2.15. The molecule has 0 bridgehead atoms. The number of rotatable bonds is 9. The summed E-state index contributed by atoms with van der Waals surface area (Å²) < 4.78 is 14.1. The zero-order valence-corrected chi connectivity index (χ0v) is 19.2. The van der Waals surface area contributed by atoms with Crippen LogP contribution in [0.2, 0.25) is 0 Å². The summed E-state index contributed by atoms with van der Waals surface area (Å²) in [5.74, 6) is 0.108. The van der Waals surface area contributed by atoms with Crippen LogP contribution in [0, 0.1) is 0 Å². The van der Waals surface area contributed by atoms with E-state index in [9.17, 15) is 19.5 Å². The average molecular weight is 513 g/mol. The second kappa shape index (κ2) is 10.2. The largest absolute Gasteiger partial charge is 0.491 e. The summed E-state index contributed by atoms with van der Waals surface area (Å²) in [5.41, 5.74) is -0.963. The normalized spacial score (nSPS) is 12.1. The van der Waals surface area contributed by atoms with Gasteiger partial charge in [0.05, 0.1) is 18.9 Å². The zero-order valence-electron chi connectivity index (χ0n) is 16.8. The van der Waals surface area contributed by atoms with Gasteiger partial charge in [-0.3, -0.25) is 19.1 Å². The minimum atomic E-state index is -0.986. The van der Waals surface area contributed by atoms with Crippen LogP contribution < -0.4 is 16.0 Å². The van der Waals surface area contributed by atoms with Gasteiger partial charge in [-0.15, -0.1) is 0 Å². The Balaban J connectivity index is 1.86. The molecule has 31 heavy (non-hydrogen) atoms. The van der Waals surface area contributed by atoms with Crippen molar-refractivity contribution in [1.29, 1.82) is 0 Å². The van der Waals surface area contributed by atoms with Gasteiger partial charge in [-0.25, -0.2) is 9.78 Å².